The topological polar surface area (TPSA) is 49.4 Å². The number of unbranched alkanes of at least 4 members (excludes halogenated alkanes) is 2. The van der Waals surface area contributed by atoms with E-state index in [1.807, 2.05) is 11.8 Å². The zero-order chi connectivity index (χ0) is 15.2. The summed E-state index contributed by atoms with van der Waals surface area (Å²) in [6.07, 6.45) is 9.78. The summed E-state index contributed by atoms with van der Waals surface area (Å²) in [5.74, 6) is 0.579. The normalized spacial score (nSPS) is 27.8. The van der Waals surface area contributed by atoms with Crippen molar-refractivity contribution in [2.24, 2.45) is 5.92 Å². The Kier molecular flexibility index (Phi) is 6.07. The molecule has 0 bridgehead atoms. The molecule has 2 unspecified atom stereocenters. The van der Waals surface area contributed by atoms with Crippen molar-refractivity contribution in [3.63, 3.8) is 0 Å². The number of nitrogens with one attached hydrogen (secondary N) is 1. The van der Waals surface area contributed by atoms with Gasteiger partial charge in [-0.05, 0) is 31.6 Å². The first kappa shape index (κ1) is 16.3. The van der Waals surface area contributed by atoms with E-state index in [2.05, 4.69) is 12.2 Å². The van der Waals surface area contributed by atoms with Crippen molar-refractivity contribution >= 4 is 11.8 Å². The van der Waals surface area contributed by atoms with Gasteiger partial charge in [0.05, 0.1) is 0 Å². The van der Waals surface area contributed by atoms with Crippen molar-refractivity contribution in [2.75, 3.05) is 6.54 Å². The van der Waals surface area contributed by atoms with Crippen molar-refractivity contribution < 1.29 is 9.59 Å². The number of amides is 2. The fraction of sp³-hybridized carbons (Fsp3) is 0.882. The van der Waals surface area contributed by atoms with Crippen molar-refractivity contribution in [1.82, 2.24) is 10.2 Å². The van der Waals surface area contributed by atoms with E-state index in [-0.39, 0.29) is 23.9 Å². The third-order valence-corrected chi connectivity index (χ3v) is 5.04. The monoisotopic (exact) mass is 294 g/mol. The highest BCUT2D eigenvalue weighted by atomic mass is 16.2. The van der Waals surface area contributed by atoms with Gasteiger partial charge >= 0.3 is 0 Å². The molecule has 0 aromatic carbocycles. The summed E-state index contributed by atoms with van der Waals surface area (Å²) in [7, 11) is 0. The highest BCUT2D eigenvalue weighted by Crippen LogP contribution is 2.29. The average molecular weight is 294 g/mol. The van der Waals surface area contributed by atoms with Crippen LogP contribution in [0.5, 0.6) is 0 Å². The Labute approximate surface area is 128 Å². The third-order valence-electron chi connectivity index (χ3n) is 5.04. The van der Waals surface area contributed by atoms with Crippen molar-refractivity contribution in [3.8, 4) is 0 Å². The lowest BCUT2D eigenvalue weighted by Crippen LogP contribution is -2.65. The van der Waals surface area contributed by atoms with E-state index in [1.54, 1.807) is 0 Å². The van der Waals surface area contributed by atoms with Crippen LogP contribution >= 0.6 is 0 Å². The summed E-state index contributed by atoms with van der Waals surface area (Å²) < 4.78 is 0. The lowest BCUT2D eigenvalue weighted by molar-refractivity contribution is -0.151. The molecule has 4 heteroatoms. The van der Waals surface area contributed by atoms with Crippen molar-refractivity contribution in [1.29, 1.82) is 0 Å². The molecule has 0 spiro atoms. The number of carbonyl (C=O) groups is 2. The van der Waals surface area contributed by atoms with Crippen molar-refractivity contribution in [2.45, 2.75) is 83.7 Å². The van der Waals surface area contributed by atoms with E-state index in [4.69, 9.17) is 0 Å². The quantitative estimate of drug-likeness (QED) is 0.766. The van der Waals surface area contributed by atoms with Crippen LogP contribution in [0.4, 0.5) is 0 Å². The maximum absolute atomic E-state index is 12.8. The Morgan fingerprint density at radius 3 is 2.43 bits per heavy atom. The first-order chi connectivity index (χ1) is 10.2. The predicted molar refractivity (Wildman–Crippen MR) is 83.8 cm³/mol. The fourth-order valence-corrected chi connectivity index (χ4v) is 3.78. The molecular formula is C17H30N2O2. The first-order valence-corrected chi connectivity index (χ1v) is 8.79. The summed E-state index contributed by atoms with van der Waals surface area (Å²) in [6, 6.07) is -0.517. The third kappa shape index (κ3) is 3.78. The van der Waals surface area contributed by atoms with E-state index >= 15 is 0 Å². The first-order valence-electron chi connectivity index (χ1n) is 8.79. The smallest absolute Gasteiger partial charge is 0.246 e. The molecule has 1 aliphatic carbocycles. The number of rotatable bonds is 6. The van der Waals surface area contributed by atoms with Gasteiger partial charge in [-0.15, -0.1) is 0 Å². The Balaban J connectivity index is 2.06. The molecule has 1 saturated heterocycles. The molecule has 2 aliphatic rings. The Hall–Kier alpha value is -1.06. The van der Waals surface area contributed by atoms with Crippen LogP contribution in [0.25, 0.3) is 0 Å². The van der Waals surface area contributed by atoms with Crippen molar-refractivity contribution in [3.05, 3.63) is 0 Å². The van der Waals surface area contributed by atoms with Crippen LogP contribution in [0.1, 0.15) is 71.6 Å². The molecule has 1 saturated carbocycles. The van der Waals surface area contributed by atoms with Gasteiger partial charge in [-0.25, -0.2) is 0 Å². The molecule has 2 amide bonds. The van der Waals surface area contributed by atoms with Crippen LogP contribution in [-0.4, -0.2) is 35.3 Å². The number of nitrogens with zero attached hydrogens (tertiary/aromatic N) is 1. The number of hydrogen-bond acceptors (Lipinski definition) is 2. The molecule has 1 aliphatic heterocycles. The molecule has 21 heavy (non-hydrogen) atoms. The van der Waals surface area contributed by atoms with E-state index in [9.17, 15) is 9.59 Å². The highest BCUT2D eigenvalue weighted by Gasteiger charge is 2.42. The number of hydrogen-bond donors (Lipinski definition) is 1. The van der Waals surface area contributed by atoms with Crippen LogP contribution in [-0.2, 0) is 9.59 Å². The molecule has 0 aromatic rings. The van der Waals surface area contributed by atoms with Gasteiger partial charge in [0.1, 0.15) is 12.1 Å². The predicted octanol–water partition coefficient (Wildman–Crippen LogP) is 2.86. The van der Waals surface area contributed by atoms with E-state index in [0.29, 0.717) is 12.3 Å². The highest BCUT2D eigenvalue weighted by molar-refractivity contribution is 5.97. The van der Waals surface area contributed by atoms with Crippen LogP contribution in [0.3, 0.4) is 0 Å². The average Bonchev–Trinajstić information content (AvgIpc) is 2.51. The van der Waals surface area contributed by atoms with Gasteiger partial charge in [-0.3, -0.25) is 9.59 Å². The molecule has 0 aromatic heterocycles. The van der Waals surface area contributed by atoms with Crippen LogP contribution in [0.15, 0.2) is 0 Å². The molecule has 1 heterocycles. The summed E-state index contributed by atoms with van der Waals surface area (Å²) in [6.45, 7) is 4.89. The maximum Gasteiger partial charge on any atom is 0.246 e. The van der Waals surface area contributed by atoms with Gasteiger partial charge in [0.25, 0.3) is 0 Å². The summed E-state index contributed by atoms with van der Waals surface area (Å²) in [4.78, 5) is 27.1. The van der Waals surface area contributed by atoms with Crippen LogP contribution in [0.2, 0.25) is 0 Å². The number of carbonyl (C=O) groups excluding carboxylic acids is 2. The van der Waals surface area contributed by atoms with Gasteiger partial charge < -0.3 is 10.2 Å². The van der Waals surface area contributed by atoms with E-state index in [0.717, 1.165) is 38.6 Å². The number of piperazine rings is 1. The minimum atomic E-state index is -0.262. The second kappa shape index (κ2) is 7.81. The SMILES string of the molecule is CCCCCN1C(=O)C(C2CCCCC2)NC(=O)C1CC. The molecule has 2 rings (SSSR count). The molecule has 120 valence electrons. The maximum atomic E-state index is 12.8. The zero-order valence-electron chi connectivity index (χ0n) is 13.6. The molecule has 4 nitrogen and oxygen atoms in total. The molecule has 2 atom stereocenters. The molecular weight excluding hydrogens is 264 g/mol. The van der Waals surface area contributed by atoms with Gasteiger partial charge in [-0.2, -0.15) is 0 Å². The fourth-order valence-electron chi connectivity index (χ4n) is 3.78. The van der Waals surface area contributed by atoms with E-state index in [1.165, 1.54) is 19.3 Å². The largest absolute Gasteiger partial charge is 0.342 e. The Morgan fingerprint density at radius 1 is 1.10 bits per heavy atom. The summed E-state index contributed by atoms with van der Waals surface area (Å²) in [5.41, 5.74) is 0. The van der Waals surface area contributed by atoms with Gasteiger partial charge in [0, 0.05) is 6.54 Å². The minimum absolute atomic E-state index is 0.0594. The molecule has 2 fully saturated rings. The standard InChI is InChI=1S/C17H30N2O2/c1-3-5-9-12-19-14(4-2)16(20)18-15(17(19)21)13-10-7-6-8-11-13/h13-15H,3-12H2,1-2H3,(H,18,20). The molecule has 1 N–H and O–H groups in total. The van der Waals surface area contributed by atoms with Crippen LogP contribution < -0.4 is 5.32 Å². The Morgan fingerprint density at radius 2 is 1.81 bits per heavy atom. The minimum Gasteiger partial charge on any atom is -0.342 e. The Bertz CT molecular complexity index is 364. The second-order valence-electron chi connectivity index (χ2n) is 6.55. The zero-order valence-corrected chi connectivity index (χ0v) is 13.6. The molecule has 0 radical (unpaired) electrons. The van der Waals surface area contributed by atoms with Gasteiger partial charge in [-0.1, -0.05) is 46.0 Å². The second-order valence-corrected chi connectivity index (χ2v) is 6.55. The van der Waals surface area contributed by atoms with E-state index < -0.39 is 0 Å². The summed E-state index contributed by atoms with van der Waals surface area (Å²) >= 11 is 0. The van der Waals surface area contributed by atoms with Crippen LogP contribution in [0, 0.1) is 5.92 Å². The van der Waals surface area contributed by atoms with Gasteiger partial charge in [0.15, 0.2) is 0 Å². The lowest BCUT2D eigenvalue weighted by atomic mass is 9.82. The lowest BCUT2D eigenvalue weighted by Gasteiger charge is -2.42. The van der Waals surface area contributed by atoms with Gasteiger partial charge in [0.2, 0.25) is 11.8 Å². The summed E-state index contributed by atoms with van der Waals surface area (Å²) in [5, 5.41) is 3.03.